The van der Waals surface area contributed by atoms with Gasteiger partial charge in [0, 0.05) is 24.9 Å². The third kappa shape index (κ3) is 2.61. The molecule has 1 heterocycles. The number of carbonyl (C=O) groups is 1. The van der Waals surface area contributed by atoms with E-state index in [-0.39, 0.29) is 5.92 Å². The molecule has 0 bridgehead atoms. The van der Waals surface area contributed by atoms with Crippen LogP contribution in [-0.4, -0.2) is 15.6 Å². The van der Waals surface area contributed by atoms with Crippen molar-refractivity contribution in [1.82, 2.24) is 9.78 Å². The van der Waals surface area contributed by atoms with Crippen LogP contribution in [0.25, 0.3) is 0 Å². The summed E-state index contributed by atoms with van der Waals surface area (Å²) in [7, 11) is 1.81. The lowest BCUT2D eigenvalue weighted by molar-refractivity contribution is -0.122. The Morgan fingerprint density at radius 1 is 1.50 bits per heavy atom. The van der Waals surface area contributed by atoms with Crippen LogP contribution in [0.5, 0.6) is 0 Å². The van der Waals surface area contributed by atoms with E-state index < -0.39 is 0 Å². The molecule has 1 aromatic heterocycles. The van der Waals surface area contributed by atoms with E-state index in [0.29, 0.717) is 17.4 Å². The monoisotopic (exact) mass is 268 g/mol. The SMILES string of the molecule is CCC1CCC(C(=O)Cc2c(C)nn(C)c2Cl)C1. The number of Topliss-reactive ketones (excluding diaryl/α,β-unsaturated/α-hetero) is 1. The molecule has 1 aliphatic rings. The first-order chi connectivity index (χ1) is 8.52. The number of nitrogens with zero attached hydrogens (tertiary/aromatic N) is 2. The molecule has 0 aromatic carbocycles. The van der Waals surface area contributed by atoms with Gasteiger partial charge in [-0.05, 0) is 32.1 Å². The molecular weight excluding hydrogens is 248 g/mol. The lowest BCUT2D eigenvalue weighted by atomic mass is 9.95. The Labute approximate surface area is 114 Å². The number of halogens is 1. The predicted molar refractivity (Wildman–Crippen MR) is 72.8 cm³/mol. The minimum absolute atomic E-state index is 0.241. The molecule has 2 atom stereocenters. The van der Waals surface area contributed by atoms with Crippen molar-refractivity contribution < 1.29 is 4.79 Å². The van der Waals surface area contributed by atoms with E-state index in [1.807, 2.05) is 14.0 Å². The number of hydrogen-bond donors (Lipinski definition) is 0. The van der Waals surface area contributed by atoms with Crippen molar-refractivity contribution in [2.24, 2.45) is 18.9 Å². The normalized spacial score (nSPS) is 23.6. The smallest absolute Gasteiger partial charge is 0.140 e. The van der Waals surface area contributed by atoms with E-state index in [2.05, 4.69) is 12.0 Å². The van der Waals surface area contributed by atoms with Crippen molar-refractivity contribution in [3.8, 4) is 0 Å². The first kappa shape index (κ1) is 13.6. The number of hydrogen-bond acceptors (Lipinski definition) is 2. The van der Waals surface area contributed by atoms with Gasteiger partial charge in [-0.1, -0.05) is 24.9 Å². The summed E-state index contributed by atoms with van der Waals surface area (Å²) < 4.78 is 1.64. The molecule has 3 nitrogen and oxygen atoms in total. The number of carbonyl (C=O) groups excluding carboxylic acids is 1. The van der Waals surface area contributed by atoms with Gasteiger partial charge in [-0.3, -0.25) is 9.48 Å². The molecule has 18 heavy (non-hydrogen) atoms. The van der Waals surface area contributed by atoms with Gasteiger partial charge in [0.15, 0.2) is 0 Å². The number of rotatable bonds is 4. The zero-order chi connectivity index (χ0) is 13.3. The first-order valence-corrected chi connectivity index (χ1v) is 7.11. The summed E-state index contributed by atoms with van der Waals surface area (Å²) in [4.78, 5) is 12.3. The van der Waals surface area contributed by atoms with Crippen molar-refractivity contribution in [3.05, 3.63) is 16.4 Å². The molecule has 4 heteroatoms. The first-order valence-electron chi connectivity index (χ1n) is 6.73. The standard InChI is InChI=1S/C14H21ClN2O/c1-4-10-5-6-11(7-10)13(18)8-12-9(2)16-17(3)14(12)15/h10-11H,4-8H2,1-3H3. The summed E-state index contributed by atoms with van der Waals surface area (Å²) in [5, 5.41) is 4.86. The minimum Gasteiger partial charge on any atom is -0.299 e. The molecule has 1 fully saturated rings. The molecule has 0 N–H and O–H groups in total. The lowest BCUT2D eigenvalue weighted by Gasteiger charge is -2.09. The van der Waals surface area contributed by atoms with Gasteiger partial charge in [0.2, 0.25) is 0 Å². The predicted octanol–water partition coefficient (Wildman–Crippen LogP) is 3.32. The van der Waals surface area contributed by atoms with Crippen molar-refractivity contribution in [3.63, 3.8) is 0 Å². The third-order valence-corrected chi connectivity index (χ3v) is 4.67. The van der Waals surface area contributed by atoms with Crippen LogP contribution in [0.2, 0.25) is 5.15 Å². The van der Waals surface area contributed by atoms with Crippen LogP contribution in [0, 0.1) is 18.8 Å². The zero-order valence-electron chi connectivity index (χ0n) is 11.4. The van der Waals surface area contributed by atoms with Gasteiger partial charge < -0.3 is 0 Å². The maximum atomic E-state index is 12.3. The molecular formula is C14H21ClN2O. The summed E-state index contributed by atoms with van der Waals surface area (Å²) in [6.07, 6.45) is 4.95. The van der Waals surface area contributed by atoms with Gasteiger partial charge in [0.05, 0.1) is 5.69 Å². The van der Waals surface area contributed by atoms with Crippen molar-refractivity contribution >= 4 is 17.4 Å². The van der Waals surface area contributed by atoms with Crippen LogP contribution in [0.15, 0.2) is 0 Å². The Bertz CT molecular complexity index is 453. The fourth-order valence-corrected chi connectivity index (χ4v) is 3.17. The van der Waals surface area contributed by atoms with Gasteiger partial charge in [-0.25, -0.2) is 0 Å². The van der Waals surface area contributed by atoms with Gasteiger partial charge in [0.25, 0.3) is 0 Å². The number of aromatic nitrogens is 2. The second-order valence-electron chi connectivity index (χ2n) is 5.41. The topological polar surface area (TPSA) is 34.9 Å². The van der Waals surface area contributed by atoms with Crippen LogP contribution in [-0.2, 0) is 18.3 Å². The molecule has 0 radical (unpaired) electrons. The van der Waals surface area contributed by atoms with Crippen LogP contribution in [0.4, 0.5) is 0 Å². The average molecular weight is 269 g/mol. The minimum atomic E-state index is 0.241. The summed E-state index contributed by atoms with van der Waals surface area (Å²) in [6, 6.07) is 0. The fraction of sp³-hybridized carbons (Fsp3) is 0.714. The van der Waals surface area contributed by atoms with Crippen LogP contribution < -0.4 is 0 Å². The van der Waals surface area contributed by atoms with Crippen molar-refractivity contribution in [1.29, 1.82) is 0 Å². The lowest BCUT2D eigenvalue weighted by Crippen LogP contribution is -2.14. The van der Waals surface area contributed by atoms with E-state index >= 15 is 0 Å². The van der Waals surface area contributed by atoms with Crippen molar-refractivity contribution in [2.75, 3.05) is 0 Å². The highest BCUT2D eigenvalue weighted by Crippen LogP contribution is 2.34. The Morgan fingerprint density at radius 3 is 2.72 bits per heavy atom. The quantitative estimate of drug-likeness (QED) is 0.840. The van der Waals surface area contributed by atoms with Gasteiger partial charge >= 0.3 is 0 Å². The van der Waals surface area contributed by atoms with Crippen LogP contribution in [0.1, 0.15) is 43.9 Å². The zero-order valence-corrected chi connectivity index (χ0v) is 12.1. The maximum Gasteiger partial charge on any atom is 0.140 e. The largest absolute Gasteiger partial charge is 0.299 e. The molecule has 2 unspecified atom stereocenters. The summed E-state index contributed by atoms with van der Waals surface area (Å²) >= 11 is 6.17. The molecule has 0 aliphatic heterocycles. The van der Waals surface area contributed by atoms with Gasteiger partial charge in [0.1, 0.15) is 10.9 Å². The Hall–Kier alpha value is -0.830. The Morgan fingerprint density at radius 2 is 2.22 bits per heavy atom. The van der Waals surface area contributed by atoms with Crippen molar-refractivity contribution in [2.45, 2.75) is 46.0 Å². The van der Waals surface area contributed by atoms with Crippen LogP contribution >= 0.6 is 11.6 Å². The summed E-state index contributed by atoms with van der Waals surface area (Å²) in [6.45, 7) is 4.12. The second kappa shape index (κ2) is 5.43. The summed E-state index contributed by atoms with van der Waals surface area (Å²) in [5.74, 6) is 1.32. The number of ketones is 1. The average Bonchev–Trinajstić information content (AvgIpc) is 2.90. The Balaban J connectivity index is 2.03. The van der Waals surface area contributed by atoms with Gasteiger partial charge in [-0.15, -0.1) is 0 Å². The van der Waals surface area contributed by atoms with E-state index in [9.17, 15) is 4.79 Å². The van der Waals surface area contributed by atoms with E-state index in [0.717, 1.165) is 30.0 Å². The molecule has 100 valence electrons. The van der Waals surface area contributed by atoms with E-state index in [1.165, 1.54) is 12.8 Å². The van der Waals surface area contributed by atoms with E-state index in [4.69, 9.17) is 11.6 Å². The summed E-state index contributed by atoms with van der Waals surface area (Å²) in [5.41, 5.74) is 1.78. The Kier molecular flexibility index (Phi) is 4.10. The third-order valence-electron chi connectivity index (χ3n) is 4.19. The van der Waals surface area contributed by atoms with Crippen LogP contribution in [0.3, 0.4) is 0 Å². The molecule has 0 amide bonds. The fourth-order valence-electron chi connectivity index (χ4n) is 2.93. The molecule has 2 rings (SSSR count). The van der Waals surface area contributed by atoms with E-state index in [1.54, 1.807) is 4.68 Å². The maximum absolute atomic E-state index is 12.3. The molecule has 0 spiro atoms. The molecule has 1 saturated carbocycles. The molecule has 1 aromatic rings. The highest BCUT2D eigenvalue weighted by Gasteiger charge is 2.29. The highest BCUT2D eigenvalue weighted by atomic mass is 35.5. The number of aryl methyl sites for hydroxylation is 2. The highest BCUT2D eigenvalue weighted by molar-refractivity contribution is 6.30. The molecule has 0 saturated heterocycles. The van der Waals surface area contributed by atoms with Gasteiger partial charge in [-0.2, -0.15) is 5.10 Å². The molecule has 1 aliphatic carbocycles. The second-order valence-corrected chi connectivity index (χ2v) is 5.76.